The summed E-state index contributed by atoms with van der Waals surface area (Å²) in [6, 6.07) is 2.01. The molecule has 0 aromatic carbocycles. The van der Waals surface area contributed by atoms with E-state index in [-0.39, 0.29) is 17.6 Å². The van der Waals surface area contributed by atoms with Crippen LogP contribution in [0.15, 0.2) is 22.0 Å². The average molecular weight is 367 g/mol. The predicted octanol–water partition coefficient (Wildman–Crippen LogP) is 1.76. The van der Waals surface area contributed by atoms with Crippen LogP contribution in [0.3, 0.4) is 0 Å². The number of nitrogens with zero attached hydrogens (tertiary/aromatic N) is 3. The maximum absolute atomic E-state index is 12.1. The maximum Gasteiger partial charge on any atom is 0.355 e. The summed E-state index contributed by atoms with van der Waals surface area (Å²) in [4.78, 5) is 28.8. The number of aromatic nitrogens is 3. The van der Waals surface area contributed by atoms with Gasteiger partial charge < -0.3 is 15.3 Å². The standard InChI is InChI=1S/C14H17N5O3S2/c20-12-2-1-9(7-15-11-3-4-16-18-11)19(12)5-6-23-14-17-10(8-24-14)13(21)22/h3-4,8-9H,1-2,5-7H2,(H,21,22)(H2,15,16,18)/t9-/m1/s1. The molecule has 1 aliphatic rings. The normalized spacial score (nSPS) is 17.4. The van der Waals surface area contributed by atoms with Crippen molar-refractivity contribution >= 4 is 40.8 Å². The second kappa shape index (κ2) is 7.67. The van der Waals surface area contributed by atoms with Crippen LogP contribution in [0.5, 0.6) is 0 Å². The van der Waals surface area contributed by atoms with Gasteiger partial charge in [0.2, 0.25) is 5.91 Å². The summed E-state index contributed by atoms with van der Waals surface area (Å²) < 4.78 is 0.714. The SMILES string of the molecule is O=C(O)c1csc(SCCN2C(=O)CC[C@@H]2CNc2ccn[nH]2)n1. The number of thioether (sulfide) groups is 1. The first-order valence-electron chi connectivity index (χ1n) is 7.48. The molecule has 10 heteroatoms. The number of aromatic carboxylic acids is 1. The van der Waals surface area contributed by atoms with Crippen molar-refractivity contribution in [2.75, 3.05) is 24.2 Å². The highest BCUT2D eigenvalue weighted by Crippen LogP contribution is 2.25. The van der Waals surface area contributed by atoms with Crippen LogP contribution in [0.1, 0.15) is 23.3 Å². The first-order chi connectivity index (χ1) is 11.6. The number of hydrogen-bond acceptors (Lipinski definition) is 7. The molecule has 3 rings (SSSR count). The summed E-state index contributed by atoms with van der Waals surface area (Å²) in [5.74, 6) is 0.682. The Bertz CT molecular complexity index is 703. The first-order valence-corrected chi connectivity index (χ1v) is 9.34. The molecule has 1 amide bonds. The van der Waals surface area contributed by atoms with Crippen molar-refractivity contribution in [2.24, 2.45) is 0 Å². The summed E-state index contributed by atoms with van der Waals surface area (Å²) in [7, 11) is 0. The number of carboxylic acids is 1. The molecule has 2 aromatic heterocycles. The van der Waals surface area contributed by atoms with Crippen LogP contribution < -0.4 is 5.32 Å². The van der Waals surface area contributed by atoms with E-state index in [9.17, 15) is 9.59 Å². The topological polar surface area (TPSA) is 111 Å². The second-order valence-corrected chi connectivity index (χ2v) is 7.48. The number of rotatable bonds is 8. The van der Waals surface area contributed by atoms with Crippen LogP contribution in [0.4, 0.5) is 5.82 Å². The first kappa shape index (κ1) is 16.8. The van der Waals surface area contributed by atoms with E-state index in [1.165, 1.54) is 28.5 Å². The van der Waals surface area contributed by atoms with Crippen molar-refractivity contribution < 1.29 is 14.7 Å². The average Bonchev–Trinajstić information content (AvgIpc) is 3.28. The fourth-order valence-corrected chi connectivity index (χ4v) is 4.36. The molecule has 0 bridgehead atoms. The minimum absolute atomic E-state index is 0.0707. The highest BCUT2D eigenvalue weighted by atomic mass is 32.2. The summed E-state index contributed by atoms with van der Waals surface area (Å²) in [5.41, 5.74) is 0.0707. The molecule has 0 spiro atoms. The smallest absolute Gasteiger partial charge is 0.355 e. The Morgan fingerprint density at radius 1 is 1.58 bits per heavy atom. The number of anilines is 1. The molecule has 24 heavy (non-hydrogen) atoms. The van der Waals surface area contributed by atoms with Crippen LogP contribution in [-0.2, 0) is 4.79 Å². The molecule has 0 aliphatic carbocycles. The molecule has 0 radical (unpaired) electrons. The van der Waals surface area contributed by atoms with E-state index in [0.29, 0.717) is 29.6 Å². The number of nitrogens with one attached hydrogen (secondary N) is 2. The van der Waals surface area contributed by atoms with Crippen LogP contribution in [-0.4, -0.2) is 61.9 Å². The number of carboxylic acid groups (broad SMARTS) is 1. The number of H-pyrrole nitrogens is 1. The quantitative estimate of drug-likeness (QED) is 0.610. The summed E-state index contributed by atoms with van der Waals surface area (Å²) in [6.07, 6.45) is 3.08. The van der Waals surface area contributed by atoms with Crippen LogP contribution in [0.25, 0.3) is 0 Å². The van der Waals surface area contributed by atoms with Crippen LogP contribution >= 0.6 is 23.1 Å². The Morgan fingerprint density at radius 3 is 3.17 bits per heavy atom. The second-order valence-electron chi connectivity index (χ2n) is 5.28. The van der Waals surface area contributed by atoms with Gasteiger partial charge in [0.1, 0.15) is 5.82 Å². The lowest BCUT2D eigenvalue weighted by Gasteiger charge is -2.24. The van der Waals surface area contributed by atoms with Crippen molar-refractivity contribution in [3.63, 3.8) is 0 Å². The van der Waals surface area contributed by atoms with Gasteiger partial charge in [0, 0.05) is 36.7 Å². The highest BCUT2D eigenvalue weighted by molar-refractivity contribution is 8.01. The molecule has 1 saturated heterocycles. The Balaban J connectivity index is 1.48. The van der Waals surface area contributed by atoms with E-state index < -0.39 is 5.97 Å². The van der Waals surface area contributed by atoms with Gasteiger partial charge in [-0.05, 0) is 12.5 Å². The molecule has 1 fully saturated rings. The molecule has 1 aliphatic heterocycles. The van der Waals surface area contributed by atoms with Gasteiger partial charge in [0.05, 0.1) is 6.20 Å². The number of thiazole rings is 1. The van der Waals surface area contributed by atoms with Crippen LogP contribution in [0, 0.1) is 0 Å². The minimum Gasteiger partial charge on any atom is -0.476 e. The molecule has 128 valence electrons. The third-order valence-corrected chi connectivity index (χ3v) is 5.74. The molecule has 8 nitrogen and oxygen atoms in total. The Morgan fingerprint density at radius 2 is 2.46 bits per heavy atom. The van der Waals surface area contributed by atoms with Gasteiger partial charge in [0.25, 0.3) is 0 Å². The summed E-state index contributed by atoms with van der Waals surface area (Å²) in [5, 5.41) is 20.4. The zero-order valence-electron chi connectivity index (χ0n) is 12.8. The van der Waals surface area contributed by atoms with Gasteiger partial charge in [-0.15, -0.1) is 11.3 Å². The van der Waals surface area contributed by atoms with Gasteiger partial charge in [-0.2, -0.15) is 5.10 Å². The lowest BCUT2D eigenvalue weighted by atomic mass is 10.2. The fourth-order valence-electron chi connectivity index (χ4n) is 2.55. The number of amides is 1. The number of hydrogen-bond donors (Lipinski definition) is 3. The zero-order chi connectivity index (χ0) is 16.9. The zero-order valence-corrected chi connectivity index (χ0v) is 14.4. The van der Waals surface area contributed by atoms with Gasteiger partial charge in [-0.1, -0.05) is 11.8 Å². The van der Waals surface area contributed by atoms with Crippen molar-refractivity contribution in [1.29, 1.82) is 0 Å². The maximum atomic E-state index is 12.1. The summed E-state index contributed by atoms with van der Waals surface area (Å²) in [6.45, 7) is 1.31. The van der Waals surface area contributed by atoms with Gasteiger partial charge in [0.15, 0.2) is 10.0 Å². The predicted molar refractivity (Wildman–Crippen MR) is 91.6 cm³/mol. The largest absolute Gasteiger partial charge is 0.476 e. The van der Waals surface area contributed by atoms with E-state index in [1.807, 2.05) is 11.0 Å². The van der Waals surface area contributed by atoms with Gasteiger partial charge >= 0.3 is 5.97 Å². The molecule has 3 N–H and O–H groups in total. The minimum atomic E-state index is -1.02. The lowest BCUT2D eigenvalue weighted by Crippen LogP contribution is -2.39. The molecular formula is C14H17N5O3S2. The molecule has 2 aromatic rings. The number of aromatic amines is 1. The van der Waals surface area contributed by atoms with Crippen molar-refractivity contribution in [3.8, 4) is 0 Å². The Kier molecular flexibility index (Phi) is 5.36. The number of carbonyl (C=O) groups excluding carboxylic acids is 1. The Labute approximate surface area is 146 Å². The monoisotopic (exact) mass is 367 g/mol. The van der Waals surface area contributed by atoms with E-state index in [2.05, 4.69) is 20.5 Å². The van der Waals surface area contributed by atoms with E-state index >= 15 is 0 Å². The van der Waals surface area contributed by atoms with Crippen molar-refractivity contribution in [3.05, 3.63) is 23.3 Å². The third-order valence-electron chi connectivity index (χ3n) is 3.74. The van der Waals surface area contributed by atoms with Gasteiger partial charge in [-0.3, -0.25) is 9.89 Å². The fraction of sp³-hybridized carbons (Fsp3) is 0.429. The van der Waals surface area contributed by atoms with E-state index in [4.69, 9.17) is 5.11 Å². The number of carbonyl (C=O) groups is 2. The lowest BCUT2D eigenvalue weighted by molar-refractivity contribution is -0.128. The molecule has 1 atom stereocenters. The van der Waals surface area contributed by atoms with Crippen molar-refractivity contribution in [1.82, 2.24) is 20.1 Å². The van der Waals surface area contributed by atoms with E-state index in [1.54, 1.807) is 6.20 Å². The number of likely N-dealkylation sites (tertiary alicyclic amines) is 1. The highest BCUT2D eigenvalue weighted by Gasteiger charge is 2.30. The molecule has 0 unspecified atom stereocenters. The summed E-state index contributed by atoms with van der Waals surface area (Å²) >= 11 is 2.79. The van der Waals surface area contributed by atoms with Gasteiger partial charge in [-0.25, -0.2) is 9.78 Å². The van der Waals surface area contributed by atoms with Crippen molar-refractivity contribution in [2.45, 2.75) is 23.2 Å². The Hall–Kier alpha value is -2.07. The van der Waals surface area contributed by atoms with E-state index in [0.717, 1.165) is 12.2 Å². The third kappa shape index (κ3) is 4.06. The molecule has 0 saturated carbocycles. The molecule has 3 heterocycles. The molecular weight excluding hydrogens is 350 g/mol. The van der Waals surface area contributed by atoms with Crippen LogP contribution in [0.2, 0.25) is 0 Å².